The lowest BCUT2D eigenvalue weighted by Crippen LogP contribution is -2.29. The molecule has 0 radical (unpaired) electrons. The third-order valence-corrected chi connectivity index (χ3v) is 5.27. The van der Waals surface area contributed by atoms with Gasteiger partial charge in [-0.25, -0.2) is 4.98 Å². The number of aromatic nitrogens is 3. The Morgan fingerprint density at radius 1 is 1.38 bits per heavy atom. The zero-order valence-corrected chi connectivity index (χ0v) is 16.9. The molecule has 6 nitrogen and oxygen atoms in total. The summed E-state index contributed by atoms with van der Waals surface area (Å²) in [5, 5.41) is 8.48. The molecular formula is C23H26N4O2. The highest BCUT2D eigenvalue weighted by molar-refractivity contribution is 5.93. The number of rotatable bonds is 6. The molecular weight excluding hydrogens is 364 g/mol. The highest BCUT2D eigenvalue weighted by Crippen LogP contribution is 2.29. The largest absolute Gasteiger partial charge is 0.477 e. The Hall–Kier alpha value is -3.15. The van der Waals surface area contributed by atoms with E-state index in [1.54, 1.807) is 12.2 Å². The lowest BCUT2D eigenvalue weighted by Gasteiger charge is -2.23. The number of hydrogen-bond donors (Lipinski definition) is 1. The van der Waals surface area contributed by atoms with E-state index in [1.807, 2.05) is 48.3 Å². The normalized spacial score (nSPS) is 16.1. The molecule has 3 aromatic rings. The van der Waals surface area contributed by atoms with Crippen LogP contribution in [0.1, 0.15) is 49.0 Å². The molecule has 4 rings (SSSR count). The molecule has 0 fully saturated rings. The van der Waals surface area contributed by atoms with Crippen molar-refractivity contribution >= 4 is 22.9 Å². The fourth-order valence-electron chi connectivity index (χ4n) is 3.79. The van der Waals surface area contributed by atoms with E-state index in [1.165, 1.54) is 5.69 Å². The molecule has 1 aliphatic rings. The summed E-state index contributed by atoms with van der Waals surface area (Å²) in [6.45, 7) is 2.64. The molecule has 150 valence electrons. The average Bonchev–Trinajstić information content (AvgIpc) is 3.12. The molecule has 0 aliphatic heterocycles. The molecule has 1 atom stereocenters. The molecule has 1 amide bonds. The van der Waals surface area contributed by atoms with Crippen LogP contribution in [0.15, 0.2) is 42.6 Å². The van der Waals surface area contributed by atoms with Gasteiger partial charge >= 0.3 is 0 Å². The van der Waals surface area contributed by atoms with Gasteiger partial charge in [-0.3, -0.25) is 9.48 Å². The number of nitrogens with one attached hydrogen (secondary N) is 1. The Bertz CT molecular complexity index is 1050. The molecule has 1 aliphatic carbocycles. The summed E-state index contributed by atoms with van der Waals surface area (Å²) in [6, 6.07) is 9.93. The molecule has 0 saturated carbocycles. The lowest BCUT2D eigenvalue weighted by molar-refractivity contribution is -0.117. The van der Waals surface area contributed by atoms with Crippen LogP contribution in [0.2, 0.25) is 0 Å². The second kappa shape index (κ2) is 8.47. The number of amides is 1. The van der Waals surface area contributed by atoms with Crippen molar-refractivity contribution in [2.24, 2.45) is 7.05 Å². The average molecular weight is 390 g/mol. The molecule has 2 aromatic heterocycles. The van der Waals surface area contributed by atoms with Gasteiger partial charge in [0.1, 0.15) is 0 Å². The summed E-state index contributed by atoms with van der Waals surface area (Å²) < 4.78 is 7.73. The van der Waals surface area contributed by atoms with E-state index >= 15 is 0 Å². The minimum Gasteiger partial charge on any atom is -0.477 e. The van der Waals surface area contributed by atoms with Gasteiger partial charge in [0.05, 0.1) is 24.4 Å². The molecule has 1 aromatic carbocycles. The van der Waals surface area contributed by atoms with Crippen molar-refractivity contribution in [2.75, 3.05) is 6.61 Å². The number of nitrogens with zero attached hydrogens (tertiary/aromatic N) is 3. The molecule has 6 heteroatoms. The van der Waals surface area contributed by atoms with Crippen molar-refractivity contribution in [3.8, 4) is 5.88 Å². The standard InChI is InChI=1S/C23H26N4O2/c1-3-13-29-23-17(14-16-7-4-5-8-19(16)26-23)11-12-22(28)25-20-9-6-10-21-18(20)15-24-27(21)2/h4-5,7-8,11-12,14-15,20H,3,6,9-10,13H2,1-2H3,(H,25,28)/b12-11+. The minimum atomic E-state index is -0.124. The number of aryl methyl sites for hydroxylation is 1. The molecule has 0 saturated heterocycles. The first kappa shape index (κ1) is 19.2. The first-order chi connectivity index (χ1) is 14.2. The highest BCUT2D eigenvalue weighted by atomic mass is 16.5. The van der Waals surface area contributed by atoms with Crippen LogP contribution >= 0.6 is 0 Å². The van der Waals surface area contributed by atoms with Crippen molar-refractivity contribution in [2.45, 2.75) is 38.6 Å². The predicted octanol–water partition coefficient (Wildman–Crippen LogP) is 3.96. The minimum absolute atomic E-state index is 0.00939. The van der Waals surface area contributed by atoms with Crippen LogP contribution in [0.5, 0.6) is 5.88 Å². The Kier molecular flexibility index (Phi) is 5.60. The fraction of sp³-hybridized carbons (Fsp3) is 0.348. The summed E-state index contributed by atoms with van der Waals surface area (Å²) in [7, 11) is 1.95. The highest BCUT2D eigenvalue weighted by Gasteiger charge is 2.24. The van der Waals surface area contributed by atoms with E-state index in [0.717, 1.165) is 47.7 Å². The van der Waals surface area contributed by atoms with E-state index in [-0.39, 0.29) is 11.9 Å². The third kappa shape index (κ3) is 4.16. The predicted molar refractivity (Wildman–Crippen MR) is 114 cm³/mol. The van der Waals surface area contributed by atoms with Gasteiger partial charge in [-0.1, -0.05) is 25.1 Å². The summed E-state index contributed by atoms with van der Waals surface area (Å²) in [5.74, 6) is 0.433. The third-order valence-electron chi connectivity index (χ3n) is 5.27. The van der Waals surface area contributed by atoms with E-state index in [9.17, 15) is 4.79 Å². The van der Waals surface area contributed by atoms with Gasteiger partial charge in [-0.15, -0.1) is 0 Å². The maximum atomic E-state index is 12.6. The molecule has 0 spiro atoms. The second-order valence-electron chi connectivity index (χ2n) is 7.38. The van der Waals surface area contributed by atoms with Gasteiger partial charge in [0.15, 0.2) is 0 Å². The number of ether oxygens (including phenoxy) is 1. The number of fused-ring (bicyclic) bond motifs is 2. The van der Waals surface area contributed by atoms with Crippen LogP contribution in [0.4, 0.5) is 0 Å². The number of pyridine rings is 1. The Labute approximate surface area is 170 Å². The van der Waals surface area contributed by atoms with E-state index < -0.39 is 0 Å². The van der Waals surface area contributed by atoms with Gasteiger partial charge in [-0.2, -0.15) is 5.10 Å². The van der Waals surface area contributed by atoms with Gasteiger partial charge in [0.25, 0.3) is 0 Å². The topological polar surface area (TPSA) is 69.0 Å². The number of carbonyl (C=O) groups is 1. The van der Waals surface area contributed by atoms with E-state index in [2.05, 4.69) is 22.3 Å². The second-order valence-corrected chi connectivity index (χ2v) is 7.38. The Morgan fingerprint density at radius 3 is 3.10 bits per heavy atom. The quantitative estimate of drug-likeness (QED) is 0.647. The summed E-state index contributed by atoms with van der Waals surface area (Å²) in [4.78, 5) is 17.2. The first-order valence-electron chi connectivity index (χ1n) is 10.2. The molecule has 1 unspecified atom stereocenters. The smallest absolute Gasteiger partial charge is 0.244 e. The lowest BCUT2D eigenvalue weighted by atomic mass is 9.93. The number of para-hydroxylation sites is 1. The van der Waals surface area contributed by atoms with Gasteiger partial charge in [0.2, 0.25) is 11.8 Å². The molecule has 29 heavy (non-hydrogen) atoms. The van der Waals surface area contributed by atoms with Crippen molar-refractivity contribution in [1.29, 1.82) is 0 Å². The number of benzene rings is 1. The van der Waals surface area contributed by atoms with Crippen molar-refractivity contribution < 1.29 is 9.53 Å². The van der Waals surface area contributed by atoms with E-state index in [4.69, 9.17) is 4.74 Å². The Balaban J connectivity index is 1.53. The van der Waals surface area contributed by atoms with Crippen LogP contribution in [-0.2, 0) is 18.3 Å². The zero-order valence-electron chi connectivity index (χ0n) is 16.9. The van der Waals surface area contributed by atoms with Crippen LogP contribution < -0.4 is 10.1 Å². The zero-order chi connectivity index (χ0) is 20.2. The van der Waals surface area contributed by atoms with Gasteiger partial charge < -0.3 is 10.1 Å². The summed E-state index contributed by atoms with van der Waals surface area (Å²) in [6.07, 6.45) is 9.10. The van der Waals surface area contributed by atoms with Crippen molar-refractivity contribution in [1.82, 2.24) is 20.1 Å². The van der Waals surface area contributed by atoms with Crippen LogP contribution in [0, 0.1) is 0 Å². The van der Waals surface area contributed by atoms with Crippen LogP contribution in [0.25, 0.3) is 17.0 Å². The fourth-order valence-corrected chi connectivity index (χ4v) is 3.79. The maximum Gasteiger partial charge on any atom is 0.244 e. The number of carbonyl (C=O) groups excluding carboxylic acids is 1. The van der Waals surface area contributed by atoms with Gasteiger partial charge in [-0.05, 0) is 43.9 Å². The van der Waals surface area contributed by atoms with E-state index in [0.29, 0.717) is 12.5 Å². The Morgan fingerprint density at radius 2 is 2.24 bits per heavy atom. The summed E-state index contributed by atoms with van der Waals surface area (Å²) >= 11 is 0. The first-order valence-corrected chi connectivity index (χ1v) is 10.2. The van der Waals surface area contributed by atoms with Crippen molar-refractivity contribution in [3.05, 3.63) is 59.4 Å². The monoisotopic (exact) mass is 390 g/mol. The molecule has 0 bridgehead atoms. The van der Waals surface area contributed by atoms with Crippen molar-refractivity contribution in [3.63, 3.8) is 0 Å². The van der Waals surface area contributed by atoms with Crippen LogP contribution in [-0.4, -0.2) is 27.3 Å². The molecule has 2 heterocycles. The van der Waals surface area contributed by atoms with Crippen LogP contribution in [0.3, 0.4) is 0 Å². The molecule has 1 N–H and O–H groups in total. The maximum absolute atomic E-state index is 12.6. The summed E-state index contributed by atoms with van der Waals surface area (Å²) in [5.41, 5.74) is 4.02. The SMILES string of the molecule is CCCOc1nc2ccccc2cc1/C=C/C(=O)NC1CCCc2c1cnn2C. The van der Waals surface area contributed by atoms with Gasteiger partial charge in [0, 0.05) is 35.3 Å². The number of hydrogen-bond acceptors (Lipinski definition) is 4.